The number of pyridine rings is 1. The van der Waals surface area contributed by atoms with Gasteiger partial charge in [-0.2, -0.15) is 0 Å². The number of rotatable bonds is 6. The molecule has 1 saturated heterocycles. The van der Waals surface area contributed by atoms with Gasteiger partial charge in [-0.3, -0.25) is 9.59 Å². The number of ketones is 1. The molecular formula is C23H21F2N3O3S. The number of hydrogen-bond acceptors (Lipinski definition) is 6. The molecule has 0 aliphatic carbocycles. The fourth-order valence-electron chi connectivity index (χ4n) is 3.72. The van der Waals surface area contributed by atoms with E-state index in [1.165, 1.54) is 11.8 Å². The van der Waals surface area contributed by atoms with Crippen LogP contribution in [0.15, 0.2) is 52.1 Å². The van der Waals surface area contributed by atoms with Crippen molar-refractivity contribution in [2.75, 3.05) is 13.1 Å². The molecular weight excluding hydrogens is 436 g/mol. The Kier molecular flexibility index (Phi) is 6.64. The Balaban J connectivity index is 1.40. The fourth-order valence-corrected chi connectivity index (χ4v) is 4.59. The van der Waals surface area contributed by atoms with Gasteiger partial charge in [-0.05, 0) is 50.1 Å². The molecule has 1 aromatic carbocycles. The highest BCUT2D eigenvalue weighted by Gasteiger charge is 2.30. The second kappa shape index (κ2) is 9.60. The van der Waals surface area contributed by atoms with Crippen molar-refractivity contribution in [3.63, 3.8) is 0 Å². The molecule has 1 amide bonds. The van der Waals surface area contributed by atoms with Gasteiger partial charge >= 0.3 is 0 Å². The zero-order valence-electron chi connectivity index (χ0n) is 17.4. The van der Waals surface area contributed by atoms with Crippen molar-refractivity contribution in [1.29, 1.82) is 0 Å². The third-order valence-corrected chi connectivity index (χ3v) is 6.42. The van der Waals surface area contributed by atoms with E-state index in [2.05, 4.69) is 10.1 Å². The largest absolute Gasteiger partial charge is 0.361 e. The summed E-state index contributed by atoms with van der Waals surface area (Å²) < 4.78 is 32.5. The summed E-state index contributed by atoms with van der Waals surface area (Å²) in [5.74, 6) is -1.18. The highest BCUT2D eigenvalue weighted by atomic mass is 32.2. The molecule has 9 heteroatoms. The maximum Gasteiger partial charge on any atom is 0.256 e. The lowest BCUT2D eigenvalue weighted by Crippen LogP contribution is -2.40. The van der Waals surface area contributed by atoms with Crippen molar-refractivity contribution in [3.05, 3.63) is 76.8 Å². The average molecular weight is 458 g/mol. The van der Waals surface area contributed by atoms with Crippen LogP contribution in [-0.4, -0.2) is 39.8 Å². The van der Waals surface area contributed by atoms with Crippen molar-refractivity contribution in [1.82, 2.24) is 15.0 Å². The Bertz CT molecular complexity index is 1140. The van der Waals surface area contributed by atoms with Gasteiger partial charge in [0.1, 0.15) is 22.4 Å². The summed E-state index contributed by atoms with van der Waals surface area (Å²) in [4.78, 5) is 31.8. The first-order valence-electron chi connectivity index (χ1n) is 10.2. The Morgan fingerprint density at radius 3 is 2.66 bits per heavy atom. The van der Waals surface area contributed by atoms with Gasteiger partial charge in [0, 0.05) is 37.0 Å². The van der Waals surface area contributed by atoms with Crippen LogP contribution in [0.4, 0.5) is 8.78 Å². The summed E-state index contributed by atoms with van der Waals surface area (Å²) >= 11 is 1.40. The van der Waals surface area contributed by atoms with Crippen LogP contribution >= 0.6 is 11.8 Å². The van der Waals surface area contributed by atoms with Gasteiger partial charge in [0.05, 0.1) is 16.8 Å². The van der Waals surface area contributed by atoms with Crippen molar-refractivity contribution >= 4 is 23.5 Å². The molecule has 4 rings (SSSR count). The molecule has 0 saturated carbocycles. The Hall–Kier alpha value is -3.07. The molecule has 0 radical (unpaired) electrons. The molecule has 0 unspecified atom stereocenters. The van der Waals surface area contributed by atoms with E-state index in [0.717, 1.165) is 23.9 Å². The van der Waals surface area contributed by atoms with Gasteiger partial charge in [-0.25, -0.2) is 13.8 Å². The molecule has 0 N–H and O–H groups in total. The van der Waals surface area contributed by atoms with E-state index < -0.39 is 23.3 Å². The first kappa shape index (κ1) is 22.1. The number of halogens is 2. The average Bonchev–Trinajstić information content (AvgIpc) is 3.23. The molecule has 6 nitrogen and oxygen atoms in total. The van der Waals surface area contributed by atoms with E-state index in [4.69, 9.17) is 4.52 Å². The predicted molar refractivity (Wildman–Crippen MR) is 114 cm³/mol. The molecule has 1 aliphatic heterocycles. The summed E-state index contributed by atoms with van der Waals surface area (Å²) in [7, 11) is 0. The van der Waals surface area contributed by atoms with Gasteiger partial charge < -0.3 is 9.42 Å². The summed E-state index contributed by atoms with van der Waals surface area (Å²) in [5, 5.41) is 4.55. The van der Waals surface area contributed by atoms with E-state index >= 15 is 0 Å². The maximum atomic E-state index is 14.0. The smallest absolute Gasteiger partial charge is 0.256 e. The van der Waals surface area contributed by atoms with E-state index in [1.54, 1.807) is 23.2 Å². The lowest BCUT2D eigenvalue weighted by Gasteiger charge is -2.31. The topological polar surface area (TPSA) is 76.3 Å². The fraction of sp³-hybridized carbons (Fsp3) is 0.304. The normalized spacial score (nSPS) is 14.5. The number of carbonyl (C=O) groups is 2. The predicted octanol–water partition coefficient (Wildman–Crippen LogP) is 4.68. The molecule has 32 heavy (non-hydrogen) atoms. The van der Waals surface area contributed by atoms with Crippen molar-refractivity contribution in [2.45, 2.75) is 30.5 Å². The quantitative estimate of drug-likeness (QED) is 0.395. The maximum absolute atomic E-state index is 14.0. The molecule has 0 bridgehead atoms. The Morgan fingerprint density at radius 2 is 1.94 bits per heavy atom. The summed E-state index contributed by atoms with van der Waals surface area (Å²) in [6, 6.07) is 8.15. The molecule has 0 spiro atoms. The molecule has 1 aliphatic rings. The Morgan fingerprint density at radius 1 is 1.16 bits per heavy atom. The number of thioether (sulfide) groups is 1. The highest BCUT2D eigenvalue weighted by molar-refractivity contribution is 7.98. The minimum atomic E-state index is -0.728. The third kappa shape index (κ3) is 4.88. The number of piperidine rings is 1. The van der Waals surface area contributed by atoms with E-state index in [0.29, 0.717) is 48.0 Å². The van der Waals surface area contributed by atoms with Crippen LogP contribution in [0, 0.1) is 24.5 Å². The molecule has 3 aromatic rings. The second-order valence-corrected chi connectivity index (χ2v) is 8.59. The van der Waals surface area contributed by atoms with Gasteiger partial charge in [0.2, 0.25) is 0 Å². The molecule has 3 heterocycles. The van der Waals surface area contributed by atoms with Gasteiger partial charge in [-0.15, -0.1) is 0 Å². The van der Waals surface area contributed by atoms with Crippen molar-refractivity contribution in [2.24, 2.45) is 5.92 Å². The van der Waals surface area contributed by atoms with Gasteiger partial charge in [0.15, 0.2) is 5.78 Å². The van der Waals surface area contributed by atoms with Gasteiger partial charge in [0.25, 0.3) is 5.91 Å². The van der Waals surface area contributed by atoms with Gasteiger partial charge in [-0.1, -0.05) is 16.9 Å². The SMILES string of the molecule is Cc1cc(CSc2ncccc2C(=O)N2CCC(C(=O)c3cc(F)ccc3F)CC2)no1. The lowest BCUT2D eigenvalue weighted by molar-refractivity contribution is 0.0645. The zero-order chi connectivity index (χ0) is 22.7. The number of likely N-dealkylation sites (tertiary alicyclic amines) is 1. The number of Topliss-reactive ketones (excluding diaryl/α,β-unsaturated/α-hetero) is 1. The van der Waals surface area contributed by atoms with Crippen LogP contribution < -0.4 is 0 Å². The van der Waals surface area contributed by atoms with E-state index in [9.17, 15) is 18.4 Å². The van der Waals surface area contributed by atoms with Crippen molar-refractivity contribution < 1.29 is 22.9 Å². The minimum absolute atomic E-state index is 0.167. The summed E-state index contributed by atoms with van der Waals surface area (Å²) in [5.41, 5.74) is 1.02. The second-order valence-electron chi connectivity index (χ2n) is 7.63. The number of hydrogen-bond donors (Lipinski definition) is 0. The number of carbonyl (C=O) groups excluding carboxylic acids is 2. The number of aryl methyl sites for hydroxylation is 1. The van der Waals surface area contributed by atoms with E-state index in [-0.39, 0.29) is 11.5 Å². The van der Waals surface area contributed by atoms with Crippen LogP contribution in [-0.2, 0) is 5.75 Å². The van der Waals surface area contributed by atoms with Crippen LogP contribution in [0.5, 0.6) is 0 Å². The lowest BCUT2D eigenvalue weighted by atomic mass is 9.88. The molecule has 166 valence electrons. The van der Waals surface area contributed by atoms with Crippen LogP contribution in [0.2, 0.25) is 0 Å². The molecule has 0 atom stereocenters. The monoisotopic (exact) mass is 457 g/mol. The molecule has 2 aromatic heterocycles. The first-order valence-corrected chi connectivity index (χ1v) is 11.2. The number of aromatic nitrogens is 2. The zero-order valence-corrected chi connectivity index (χ0v) is 18.2. The standard InChI is InChI=1S/C23H21F2N3O3S/c1-14-11-17(27-31-14)13-32-22-18(3-2-8-26-22)23(30)28-9-6-15(7-10-28)21(29)19-12-16(24)4-5-20(19)25/h2-5,8,11-12,15H,6-7,9-10,13H2,1H3. The third-order valence-electron chi connectivity index (χ3n) is 5.38. The van der Waals surface area contributed by atoms with Crippen LogP contribution in [0.3, 0.4) is 0 Å². The minimum Gasteiger partial charge on any atom is -0.361 e. The van der Waals surface area contributed by atoms with Crippen LogP contribution in [0.1, 0.15) is 45.0 Å². The van der Waals surface area contributed by atoms with Crippen molar-refractivity contribution in [3.8, 4) is 0 Å². The molecule has 1 fully saturated rings. The summed E-state index contributed by atoms with van der Waals surface area (Å²) in [6.07, 6.45) is 2.41. The van der Waals surface area contributed by atoms with E-state index in [1.807, 2.05) is 13.0 Å². The first-order chi connectivity index (χ1) is 15.4. The number of nitrogens with zero attached hydrogens (tertiary/aromatic N) is 3. The highest BCUT2D eigenvalue weighted by Crippen LogP contribution is 2.28. The number of amides is 1. The Labute approximate surface area is 188 Å². The van der Waals surface area contributed by atoms with Crippen LogP contribution in [0.25, 0.3) is 0 Å². The number of benzene rings is 1. The summed E-state index contributed by atoms with van der Waals surface area (Å²) in [6.45, 7) is 2.52.